The highest BCUT2D eigenvalue weighted by Crippen LogP contribution is 2.10. The fourth-order valence-electron chi connectivity index (χ4n) is 1.80. The molecular weight excluding hydrogens is 258 g/mol. The molecule has 0 aliphatic carbocycles. The van der Waals surface area contributed by atoms with Gasteiger partial charge in [0.25, 0.3) is 5.91 Å². The van der Waals surface area contributed by atoms with Crippen LogP contribution in [0.2, 0.25) is 0 Å². The van der Waals surface area contributed by atoms with Gasteiger partial charge < -0.3 is 11.1 Å². The van der Waals surface area contributed by atoms with E-state index in [1.165, 1.54) is 0 Å². The smallest absolute Gasteiger partial charge is 0.251 e. The molecule has 1 heterocycles. The number of pyridine rings is 1. The molecule has 1 atom stereocenters. The summed E-state index contributed by atoms with van der Waals surface area (Å²) in [5.74, 6) is 1.38. The van der Waals surface area contributed by atoms with Gasteiger partial charge in [-0.1, -0.05) is 13.3 Å². The van der Waals surface area contributed by atoms with Crippen LogP contribution in [0.25, 0.3) is 0 Å². The van der Waals surface area contributed by atoms with Crippen molar-refractivity contribution in [2.75, 3.05) is 17.7 Å². The molecule has 0 aliphatic rings. The van der Waals surface area contributed by atoms with Crippen LogP contribution in [0.3, 0.4) is 0 Å². The van der Waals surface area contributed by atoms with Crippen LogP contribution in [0.1, 0.15) is 42.7 Å². The van der Waals surface area contributed by atoms with Crippen LogP contribution < -0.4 is 11.1 Å². The predicted octanol–water partition coefficient (Wildman–Crippen LogP) is 2.49. The Hall–Kier alpha value is -1.23. The van der Waals surface area contributed by atoms with Crippen LogP contribution in [0.4, 0.5) is 5.82 Å². The first-order valence-electron chi connectivity index (χ1n) is 6.63. The highest BCUT2D eigenvalue weighted by molar-refractivity contribution is 7.98. The lowest BCUT2D eigenvalue weighted by molar-refractivity contribution is 0.0939. The molecule has 1 aromatic heterocycles. The van der Waals surface area contributed by atoms with Crippen molar-refractivity contribution in [3.63, 3.8) is 0 Å². The fourth-order valence-corrected chi connectivity index (χ4v) is 2.39. The van der Waals surface area contributed by atoms with Crippen molar-refractivity contribution < 1.29 is 4.79 Å². The molecule has 0 saturated carbocycles. The van der Waals surface area contributed by atoms with E-state index in [9.17, 15) is 4.79 Å². The molecule has 0 saturated heterocycles. The Labute approximate surface area is 119 Å². The number of nitrogen functional groups attached to an aromatic ring is 1. The summed E-state index contributed by atoms with van der Waals surface area (Å²) in [4.78, 5) is 16.4. The SMILES string of the molecule is CCCc1cc(C(=O)NC(C)CCSC)cc(N)n1. The van der Waals surface area contributed by atoms with Gasteiger partial charge in [0.05, 0.1) is 0 Å². The molecule has 0 spiro atoms. The van der Waals surface area contributed by atoms with Crippen molar-refractivity contribution >= 4 is 23.5 Å². The fraction of sp³-hybridized carbons (Fsp3) is 0.571. The van der Waals surface area contributed by atoms with Crippen LogP contribution in [0, 0.1) is 0 Å². The predicted molar refractivity (Wildman–Crippen MR) is 82.6 cm³/mol. The molecule has 0 radical (unpaired) electrons. The first-order valence-corrected chi connectivity index (χ1v) is 8.02. The summed E-state index contributed by atoms with van der Waals surface area (Å²) in [6.45, 7) is 4.10. The van der Waals surface area contributed by atoms with Crippen molar-refractivity contribution in [1.29, 1.82) is 0 Å². The third-order valence-corrected chi connectivity index (χ3v) is 3.44. The van der Waals surface area contributed by atoms with Crippen molar-refractivity contribution in [3.05, 3.63) is 23.4 Å². The maximum Gasteiger partial charge on any atom is 0.251 e. The topological polar surface area (TPSA) is 68.0 Å². The van der Waals surface area contributed by atoms with E-state index in [1.807, 2.05) is 13.0 Å². The molecule has 1 rings (SSSR count). The number of anilines is 1. The number of thioether (sulfide) groups is 1. The normalized spacial score (nSPS) is 12.2. The summed E-state index contributed by atoms with van der Waals surface area (Å²) >= 11 is 1.78. The minimum atomic E-state index is -0.0694. The number of carbonyl (C=O) groups is 1. The van der Waals surface area contributed by atoms with Gasteiger partial charge in [0.2, 0.25) is 0 Å². The molecule has 19 heavy (non-hydrogen) atoms. The molecule has 5 heteroatoms. The van der Waals surface area contributed by atoms with E-state index in [0.717, 1.165) is 30.7 Å². The van der Waals surface area contributed by atoms with E-state index < -0.39 is 0 Å². The summed E-state index contributed by atoms with van der Waals surface area (Å²) in [7, 11) is 0. The van der Waals surface area contributed by atoms with Gasteiger partial charge in [0.1, 0.15) is 5.82 Å². The molecule has 1 amide bonds. The minimum absolute atomic E-state index is 0.0694. The maximum absolute atomic E-state index is 12.1. The highest BCUT2D eigenvalue weighted by Gasteiger charge is 2.11. The lowest BCUT2D eigenvalue weighted by atomic mass is 10.1. The van der Waals surface area contributed by atoms with E-state index in [2.05, 4.69) is 23.5 Å². The second kappa shape index (κ2) is 8.04. The van der Waals surface area contributed by atoms with Gasteiger partial charge in [-0.3, -0.25) is 4.79 Å². The van der Waals surface area contributed by atoms with Crippen LogP contribution in [-0.2, 0) is 6.42 Å². The van der Waals surface area contributed by atoms with E-state index in [-0.39, 0.29) is 11.9 Å². The van der Waals surface area contributed by atoms with Crippen molar-refractivity contribution in [3.8, 4) is 0 Å². The number of aromatic nitrogens is 1. The molecule has 3 N–H and O–H groups in total. The van der Waals surface area contributed by atoms with E-state index in [0.29, 0.717) is 11.4 Å². The molecule has 0 fully saturated rings. The second-order valence-electron chi connectivity index (χ2n) is 4.68. The van der Waals surface area contributed by atoms with Gasteiger partial charge in [-0.25, -0.2) is 4.98 Å². The number of rotatable bonds is 7. The molecule has 0 aromatic carbocycles. The summed E-state index contributed by atoms with van der Waals surface area (Å²) in [5, 5.41) is 2.99. The number of nitrogens with zero attached hydrogens (tertiary/aromatic N) is 1. The number of nitrogens with two attached hydrogens (primary N) is 1. The lowest BCUT2D eigenvalue weighted by Gasteiger charge is -2.14. The van der Waals surface area contributed by atoms with E-state index in [1.54, 1.807) is 17.8 Å². The molecule has 0 aliphatic heterocycles. The van der Waals surface area contributed by atoms with Crippen molar-refractivity contribution in [2.24, 2.45) is 0 Å². The summed E-state index contributed by atoms with van der Waals surface area (Å²) in [6.07, 6.45) is 4.86. The molecule has 1 unspecified atom stereocenters. The van der Waals surface area contributed by atoms with Gasteiger partial charge in [-0.2, -0.15) is 11.8 Å². The minimum Gasteiger partial charge on any atom is -0.384 e. The van der Waals surface area contributed by atoms with Gasteiger partial charge in [0.15, 0.2) is 0 Å². The third kappa shape index (κ3) is 5.51. The highest BCUT2D eigenvalue weighted by atomic mass is 32.2. The Bertz CT molecular complexity index is 423. The van der Waals surface area contributed by atoms with E-state index >= 15 is 0 Å². The second-order valence-corrected chi connectivity index (χ2v) is 5.66. The zero-order valence-corrected chi connectivity index (χ0v) is 12.7. The Morgan fingerprint density at radius 2 is 2.26 bits per heavy atom. The largest absolute Gasteiger partial charge is 0.384 e. The molecular formula is C14H23N3OS. The third-order valence-electron chi connectivity index (χ3n) is 2.80. The average Bonchev–Trinajstić information content (AvgIpc) is 2.36. The standard InChI is InChI=1S/C14H23N3OS/c1-4-5-12-8-11(9-13(15)17-12)14(18)16-10(2)6-7-19-3/h8-10H,4-7H2,1-3H3,(H2,15,17)(H,16,18). The number of aryl methyl sites for hydroxylation is 1. The Kier molecular flexibility index (Phi) is 6.70. The first kappa shape index (κ1) is 15.8. The number of carbonyl (C=O) groups excluding carboxylic acids is 1. The van der Waals surface area contributed by atoms with Crippen molar-refractivity contribution in [2.45, 2.75) is 39.2 Å². The Morgan fingerprint density at radius 3 is 2.89 bits per heavy atom. The molecule has 0 bridgehead atoms. The quantitative estimate of drug-likeness (QED) is 0.805. The van der Waals surface area contributed by atoms with Gasteiger partial charge >= 0.3 is 0 Å². The number of hydrogen-bond acceptors (Lipinski definition) is 4. The molecule has 106 valence electrons. The first-order chi connectivity index (χ1) is 9.06. The maximum atomic E-state index is 12.1. The van der Waals surface area contributed by atoms with Crippen LogP contribution in [0.15, 0.2) is 12.1 Å². The van der Waals surface area contributed by atoms with Crippen LogP contribution >= 0.6 is 11.8 Å². The average molecular weight is 281 g/mol. The molecule has 1 aromatic rings. The Morgan fingerprint density at radius 1 is 1.53 bits per heavy atom. The zero-order valence-electron chi connectivity index (χ0n) is 11.9. The van der Waals surface area contributed by atoms with Crippen molar-refractivity contribution in [1.82, 2.24) is 10.3 Å². The van der Waals surface area contributed by atoms with E-state index in [4.69, 9.17) is 5.73 Å². The summed E-state index contributed by atoms with van der Waals surface area (Å²) in [5.41, 5.74) is 7.23. The Balaban J connectivity index is 2.70. The van der Waals surface area contributed by atoms with Gasteiger partial charge in [0, 0.05) is 17.3 Å². The van der Waals surface area contributed by atoms with Crippen LogP contribution in [0.5, 0.6) is 0 Å². The van der Waals surface area contributed by atoms with Crippen LogP contribution in [-0.4, -0.2) is 28.9 Å². The lowest BCUT2D eigenvalue weighted by Crippen LogP contribution is -2.33. The zero-order chi connectivity index (χ0) is 14.3. The summed E-state index contributed by atoms with van der Waals surface area (Å²) < 4.78 is 0. The summed E-state index contributed by atoms with van der Waals surface area (Å²) in [6, 6.07) is 3.63. The van der Waals surface area contributed by atoms with Gasteiger partial charge in [-0.05, 0) is 43.9 Å². The molecule has 4 nitrogen and oxygen atoms in total. The monoisotopic (exact) mass is 281 g/mol. The number of amides is 1. The number of hydrogen-bond donors (Lipinski definition) is 2. The van der Waals surface area contributed by atoms with Gasteiger partial charge in [-0.15, -0.1) is 0 Å². The number of nitrogens with one attached hydrogen (secondary N) is 1.